The van der Waals surface area contributed by atoms with Gasteiger partial charge in [-0.1, -0.05) is 27.2 Å². The first-order chi connectivity index (χ1) is 9.04. The Kier molecular flexibility index (Phi) is 4.27. The van der Waals surface area contributed by atoms with Crippen LogP contribution in [0.4, 0.5) is 11.6 Å². The van der Waals surface area contributed by atoms with E-state index >= 15 is 0 Å². The lowest BCUT2D eigenvalue weighted by Crippen LogP contribution is -2.46. The lowest BCUT2D eigenvalue weighted by molar-refractivity contribution is 0.295. The van der Waals surface area contributed by atoms with Crippen molar-refractivity contribution in [1.82, 2.24) is 9.97 Å². The molecule has 19 heavy (non-hydrogen) atoms. The molecular weight excluding hydrogens is 236 g/mol. The number of hydrogen-bond acceptors (Lipinski definition) is 4. The number of anilines is 2. The van der Waals surface area contributed by atoms with Crippen LogP contribution >= 0.6 is 0 Å². The van der Waals surface area contributed by atoms with Crippen LogP contribution in [0.1, 0.15) is 46.1 Å². The number of rotatable bonds is 3. The zero-order chi connectivity index (χ0) is 14.0. The molecule has 1 aromatic heterocycles. The van der Waals surface area contributed by atoms with E-state index in [0.717, 1.165) is 30.8 Å². The van der Waals surface area contributed by atoms with E-state index in [9.17, 15) is 0 Å². The van der Waals surface area contributed by atoms with Crippen LogP contribution in [-0.2, 0) is 6.42 Å². The van der Waals surface area contributed by atoms with Gasteiger partial charge in [0.1, 0.15) is 18.0 Å². The monoisotopic (exact) mass is 262 g/mol. The fourth-order valence-corrected chi connectivity index (χ4v) is 3.15. The summed E-state index contributed by atoms with van der Waals surface area (Å²) in [6, 6.07) is 0.515. The van der Waals surface area contributed by atoms with E-state index < -0.39 is 0 Å². The molecule has 0 saturated carbocycles. The first-order valence-electron chi connectivity index (χ1n) is 7.40. The molecule has 1 aromatic rings. The van der Waals surface area contributed by atoms with Crippen molar-refractivity contribution in [2.45, 2.75) is 53.0 Å². The molecule has 0 aromatic carbocycles. The third kappa shape index (κ3) is 2.82. The minimum Gasteiger partial charge on any atom is -0.383 e. The molecule has 3 atom stereocenters. The van der Waals surface area contributed by atoms with E-state index in [4.69, 9.17) is 5.73 Å². The third-order valence-electron chi connectivity index (χ3n) is 4.33. The number of hydrogen-bond donors (Lipinski definition) is 1. The van der Waals surface area contributed by atoms with Gasteiger partial charge in [0.05, 0.1) is 0 Å². The summed E-state index contributed by atoms with van der Waals surface area (Å²) >= 11 is 0. The summed E-state index contributed by atoms with van der Waals surface area (Å²) < 4.78 is 0. The summed E-state index contributed by atoms with van der Waals surface area (Å²) in [4.78, 5) is 11.1. The van der Waals surface area contributed by atoms with Gasteiger partial charge in [0.15, 0.2) is 0 Å². The first-order valence-corrected chi connectivity index (χ1v) is 7.40. The molecule has 106 valence electrons. The second-order valence-electron chi connectivity index (χ2n) is 6.02. The van der Waals surface area contributed by atoms with Gasteiger partial charge in [-0.25, -0.2) is 9.97 Å². The highest BCUT2D eigenvalue weighted by Crippen LogP contribution is 2.33. The van der Waals surface area contributed by atoms with Crippen molar-refractivity contribution in [3.63, 3.8) is 0 Å². The summed E-state index contributed by atoms with van der Waals surface area (Å²) in [6.07, 6.45) is 4.91. The second kappa shape index (κ2) is 5.76. The van der Waals surface area contributed by atoms with Gasteiger partial charge in [0.25, 0.3) is 0 Å². The summed E-state index contributed by atoms with van der Waals surface area (Å²) in [6.45, 7) is 10.2. The highest BCUT2D eigenvalue weighted by Gasteiger charge is 2.31. The minimum atomic E-state index is 0.515. The summed E-state index contributed by atoms with van der Waals surface area (Å²) in [7, 11) is 0. The largest absolute Gasteiger partial charge is 0.383 e. The van der Waals surface area contributed by atoms with Crippen molar-refractivity contribution in [2.75, 3.05) is 17.2 Å². The average Bonchev–Trinajstić information content (AvgIpc) is 2.36. The van der Waals surface area contributed by atoms with E-state index in [0.29, 0.717) is 23.7 Å². The molecule has 0 amide bonds. The van der Waals surface area contributed by atoms with Gasteiger partial charge in [0.2, 0.25) is 0 Å². The quantitative estimate of drug-likeness (QED) is 0.910. The lowest BCUT2D eigenvalue weighted by Gasteiger charge is -2.42. The Morgan fingerprint density at radius 2 is 2.05 bits per heavy atom. The van der Waals surface area contributed by atoms with Crippen molar-refractivity contribution >= 4 is 11.6 Å². The second-order valence-corrected chi connectivity index (χ2v) is 6.02. The maximum Gasteiger partial charge on any atom is 0.137 e. The van der Waals surface area contributed by atoms with Crippen LogP contribution in [0, 0.1) is 11.8 Å². The number of nitrogens with two attached hydrogens (primary N) is 1. The van der Waals surface area contributed by atoms with Crippen molar-refractivity contribution in [3.05, 3.63) is 11.9 Å². The Balaban J connectivity index is 2.37. The van der Waals surface area contributed by atoms with Gasteiger partial charge < -0.3 is 10.6 Å². The Morgan fingerprint density at radius 3 is 2.74 bits per heavy atom. The molecule has 0 aliphatic carbocycles. The van der Waals surface area contributed by atoms with Gasteiger partial charge in [-0.05, 0) is 31.6 Å². The Labute approximate surface area is 116 Å². The molecular formula is C15H26N4. The molecule has 0 radical (unpaired) electrons. The average molecular weight is 262 g/mol. The van der Waals surface area contributed by atoms with Crippen molar-refractivity contribution in [3.8, 4) is 0 Å². The number of aromatic nitrogens is 2. The SMILES string of the molecule is CCCc1c(N)ncnc1N1CC(C)CC(C)C1C. The smallest absolute Gasteiger partial charge is 0.137 e. The molecule has 1 aliphatic rings. The third-order valence-corrected chi connectivity index (χ3v) is 4.33. The van der Waals surface area contributed by atoms with Crippen LogP contribution in [0.15, 0.2) is 6.33 Å². The number of nitrogens with zero attached hydrogens (tertiary/aromatic N) is 3. The summed E-state index contributed by atoms with van der Waals surface area (Å²) in [5, 5.41) is 0. The molecule has 2 rings (SSSR count). The molecule has 3 unspecified atom stereocenters. The topological polar surface area (TPSA) is 55.0 Å². The lowest BCUT2D eigenvalue weighted by atomic mass is 9.85. The van der Waals surface area contributed by atoms with E-state index in [1.165, 1.54) is 6.42 Å². The minimum absolute atomic E-state index is 0.515. The van der Waals surface area contributed by atoms with Crippen molar-refractivity contribution in [1.29, 1.82) is 0 Å². The maximum atomic E-state index is 6.05. The number of piperidine rings is 1. The van der Waals surface area contributed by atoms with Crippen LogP contribution in [0.2, 0.25) is 0 Å². The van der Waals surface area contributed by atoms with Gasteiger partial charge in [-0.2, -0.15) is 0 Å². The molecule has 2 N–H and O–H groups in total. The molecule has 1 aliphatic heterocycles. The first kappa shape index (κ1) is 14.1. The zero-order valence-electron chi connectivity index (χ0n) is 12.6. The van der Waals surface area contributed by atoms with Crippen LogP contribution in [0.25, 0.3) is 0 Å². The zero-order valence-corrected chi connectivity index (χ0v) is 12.6. The van der Waals surface area contributed by atoms with Crippen LogP contribution < -0.4 is 10.6 Å². The normalized spacial score (nSPS) is 27.6. The van der Waals surface area contributed by atoms with E-state index in [2.05, 4.69) is 42.6 Å². The molecule has 2 heterocycles. The van der Waals surface area contributed by atoms with Crippen molar-refractivity contribution in [2.24, 2.45) is 11.8 Å². The molecule has 0 spiro atoms. The standard InChI is InChI=1S/C15H26N4/c1-5-6-13-14(16)17-9-18-15(13)19-8-10(2)7-11(3)12(19)4/h9-12H,5-8H2,1-4H3,(H2,16,17,18). The molecule has 1 fully saturated rings. The van der Waals surface area contributed by atoms with E-state index in [1.54, 1.807) is 6.33 Å². The van der Waals surface area contributed by atoms with Crippen LogP contribution in [0.3, 0.4) is 0 Å². The fourth-order valence-electron chi connectivity index (χ4n) is 3.15. The predicted octanol–water partition coefficient (Wildman–Crippen LogP) is 2.88. The van der Waals surface area contributed by atoms with Gasteiger partial charge in [-0.3, -0.25) is 0 Å². The molecule has 0 bridgehead atoms. The van der Waals surface area contributed by atoms with Crippen LogP contribution in [-0.4, -0.2) is 22.6 Å². The predicted molar refractivity (Wildman–Crippen MR) is 80.2 cm³/mol. The summed E-state index contributed by atoms with van der Waals surface area (Å²) in [5.74, 6) is 3.09. The van der Waals surface area contributed by atoms with Gasteiger partial charge >= 0.3 is 0 Å². The van der Waals surface area contributed by atoms with Crippen molar-refractivity contribution < 1.29 is 0 Å². The molecule has 4 heteroatoms. The highest BCUT2D eigenvalue weighted by molar-refractivity contribution is 5.57. The van der Waals surface area contributed by atoms with E-state index in [1.807, 2.05) is 0 Å². The van der Waals surface area contributed by atoms with Crippen LogP contribution in [0.5, 0.6) is 0 Å². The Hall–Kier alpha value is -1.32. The summed E-state index contributed by atoms with van der Waals surface area (Å²) in [5.41, 5.74) is 7.17. The Bertz CT molecular complexity index is 432. The number of nitrogen functional groups attached to an aromatic ring is 1. The molecule has 1 saturated heterocycles. The fraction of sp³-hybridized carbons (Fsp3) is 0.733. The van der Waals surface area contributed by atoms with Gasteiger partial charge in [-0.15, -0.1) is 0 Å². The molecule has 4 nitrogen and oxygen atoms in total. The maximum absolute atomic E-state index is 6.05. The highest BCUT2D eigenvalue weighted by atomic mass is 15.2. The van der Waals surface area contributed by atoms with E-state index in [-0.39, 0.29) is 0 Å². The Morgan fingerprint density at radius 1 is 1.32 bits per heavy atom. The van der Waals surface area contributed by atoms with Gasteiger partial charge in [0, 0.05) is 18.2 Å².